The summed E-state index contributed by atoms with van der Waals surface area (Å²) in [5.41, 5.74) is 1.87. The van der Waals surface area contributed by atoms with E-state index >= 15 is 0 Å². The highest BCUT2D eigenvalue weighted by Gasteiger charge is 2.15. The number of nitrogens with two attached hydrogens (primary N) is 1. The summed E-state index contributed by atoms with van der Waals surface area (Å²) in [6.45, 7) is 2.70. The number of pyridine rings is 1. The highest BCUT2D eigenvalue weighted by molar-refractivity contribution is 7.89. The third kappa shape index (κ3) is 4.10. The summed E-state index contributed by atoms with van der Waals surface area (Å²) in [4.78, 5) is 6.53. The summed E-state index contributed by atoms with van der Waals surface area (Å²) in [7, 11) is -1.70. The van der Waals surface area contributed by atoms with Gasteiger partial charge in [0.25, 0.3) is 0 Å². The van der Waals surface area contributed by atoms with Gasteiger partial charge in [-0.05, 0) is 43.8 Å². The number of benzene rings is 1. The second-order valence-corrected chi connectivity index (χ2v) is 6.59. The first-order valence-electron chi connectivity index (χ1n) is 6.61. The van der Waals surface area contributed by atoms with Crippen molar-refractivity contribution >= 4 is 10.0 Å². The Morgan fingerprint density at radius 1 is 1.24 bits per heavy atom. The van der Waals surface area contributed by atoms with Gasteiger partial charge in [0.15, 0.2) is 0 Å². The van der Waals surface area contributed by atoms with Gasteiger partial charge in [0.05, 0.1) is 10.6 Å². The molecule has 1 heterocycles. The van der Waals surface area contributed by atoms with Gasteiger partial charge in [-0.15, -0.1) is 0 Å². The van der Waals surface area contributed by atoms with Crippen LogP contribution in [0.25, 0.3) is 0 Å². The van der Waals surface area contributed by atoms with Gasteiger partial charge in [0, 0.05) is 18.8 Å². The molecule has 2 N–H and O–H groups in total. The van der Waals surface area contributed by atoms with Crippen molar-refractivity contribution in [3.63, 3.8) is 0 Å². The predicted molar refractivity (Wildman–Crippen MR) is 81.9 cm³/mol. The van der Waals surface area contributed by atoms with Crippen molar-refractivity contribution in [1.29, 1.82) is 0 Å². The number of rotatable bonds is 5. The molecule has 0 bridgehead atoms. The smallest absolute Gasteiger partial charge is 0.238 e. The first kappa shape index (κ1) is 15.6. The van der Waals surface area contributed by atoms with Crippen LogP contribution in [-0.2, 0) is 16.6 Å². The van der Waals surface area contributed by atoms with Crippen molar-refractivity contribution in [1.82, 2.24) is 9.88 Å². The molecule has 6 heteroatoms. The zero-order valence-corrected chi connectivity index (χ0v) is 12.9. The van der Waals surface area contributed by atoms with Gasteiger partial charge < -0.3 is 0 Å². The summed E-state index contributed by atoms with van der Waals surface area (Å²) in [6.07, 6.45) is 1.76. The van der Waals surface area contributed by atoms with E-state index in [9.17, 15) is 8.42 Å². The first-order valence-corrected chi connectivity index (χ1v) is 8.15. The molecule has 21 heavy (non-hydrogen) atoms. The Hall–Kier alpha value is -1.76. The van der Waals surface area contributed by atoms with E-state index in [-0.39, 0.29) is 10.9 Å². The molecule has 0 aliphatic carbocycles. The Morgan fingerprint density at radius 2 is 2.00 bits per heavy atom. The topological polar surface area (TPSA) is 76.3 Å². The Bertz CT molecular complexity index is 702. The number of primary sulfonamides is 1. The molecule has 2 aromatic rings. The third-order valence-electron chi connectivity index (χ3n) is 3.47. The van der Waals surface area contributed by atoms with Gasteiger partial charge in [-0.2, -0.15) is 0 Å². The summed E-state index contributed by atoms with van der Waals surface area (Å²) in [5, 5.41) is 5.17. The summed E-state index contributed by atoms with van der Waals surface area (Å²) < 4.78 is 22.8. The van der Waals surface area contributed by atoms with Crippen LogP contribution in [0, 0.1) is 0 Å². The van der Waals surface area contributed by atoms with E-state index in [0.717, 1.165) is 11.3 Å². The van der Waals surface area contributed by atoms with E-state index in [1.165, 1.54) is 6.07 Å². The van der Waals surface area contributed by atoms with E-state index in [4.69, 9.17) is 5.14 Å². The second-order valence-electron chi connectivity index (χ2n) is 5.03. The number of hydrogen-bond acceptors (Lipinski definition) is 4. The van der Waals surface area contributed by atoms with Crippen molar-refractivity contribution in [2.75, 3.05) is 7.05 Å². The van der Waals surface area contributed by atoms with E-state index in [2.05, 4.69) is 9.88 Å². The molecule has 0 saturated carbocycles. The van der Waals surface area contributed by atoms with E-state index in [1.54, 1.807) is 18.3 Å². The maximum atomic E-state index is 11.4. The van der Waals surface area contributed by atoms with Crippen molar-refractivity contribution in [3.05, 3.63) is 59.9 Å². The Labute approximate surface area is 125 Å². The van der Waals surface area contributed by atoms with Gasteiger partial charge in [-0.3, -0.25) is 9.88 Å². The lowest BCUT2D eigenvalue weighted by Crippen LogP contribution is -2.23. The highest BCUT2D eigenvalue weighted by Crippen LogP contribution is 2.22. The van der Waals surface area contributed by atoms with Crippen LogP contribution in [-0.4, -0.2) is 25.3 Å². The highest BCUT2D eigenvalue weighted by atomic mass is 32.2. The van der Waals surface area contributed by atoms with Crippen LogP contribution < -0.4 is 5.14 Å². The minimum absolute atomic E-state index is 0.0497. The maximum absolute atomic E-state index is 11.4. The number of nitrogens with zero attached hydrogens (tertiary/aromatic N) is 2. The van der Waals surface area contributed by atoms with Crippen molar-refractivity contribution in [3.8, 4) is 0 Å². The molecule has 0 aliphatic heterocycles. The van der Waals surface area contributed by atoms with E-state index in [1.807, 2.05) is 38.2 Å². The van der Waals surface area contributed by atoms with Crippen LogP contribution in [0.4, 0.5) is 0 Å². The standard InChI is InChI=1S/C15H19N3O2S/c1-12(18(2)11-14-7-3-4-9-17-14)13-6-5-8-15(10-13)21(16,19)20/h3-10,12H,11H2,1-2H3,(H2,16,19,20)/t12-/m1/s1. The Morgan fingerprint density at radius 3 is 2.62 bits per heavy atom. The van der Waals surface area contributed by atoms with Crippen LogP contribution >= 0.6 is 0 Å². The van der Waals surface area contributed by atoms with E-state index in [0.29, 0.717) is 6.54 Å². The number of hydrogen-bond donors (Lipinski definition) is 1. The largest absolute Gasteiger partial charge is 0.294 e. The SMILES string of the molecule is C[C@H](c1cccc(S(N)(=O)=O)c1)N(C)Cc1ccccn1. The molecule has 0 radical (unpaired) electrons. The van der Waals surface area contributed by atoms with Crippen LogP contribution in [0.2, 0.25) is 0 Å². The van der Waals surface area contributed by atoms with Crippen LogP contribution in [0.15, 0.2) is 53.6 Å². The van der Waals surface area contributed by atoms with Crippen LogP contribution in [0.5, 0.6) is 0 Å². The molecule has 2 rings (SSSR count). The minimum atomic E-state index is -3.67. The molecule has 1 atom stereocenters. The van der Waals surface area contributed by atoms with Crippen LogP contribution in [0.1, 0.15) is 24.2 Å². The lowest BCUT2D eigenvalue weighted by atomic mass is 10.1. The summed E-state index contributed by atoms with van der Waals surface area (Å²) in [5.74, 6) is 0. The molecule has 0 unspecified atom stereocenters. The molecule has 0 saturated heterocycles. The van der Waals surface area contributed by atoms with Crippen molar-refractivity contribution in [2.45, 2.75) is 24.4 Å². The number of sulfonamides is 1. The molecule has 1 aromatic heterocycles. The van der Waals surface area contributed by atoms with Gasteiger partial charge in [-0.25, -0.2) is 13.6 Å². The van der Waals surface area contributed by atoms with Crippen molar-refractivity contribution < 1.29 is 8.42 Å². The second kappa shape index (κ2) is 6.34. The molecular formula is C15H19N3O2S. The van der Waals surface area contributed by atoms with Crippen LogP contribution in [0.3, 0.4) is 0 Å². The number of aromatic nitrogens is 1. The zero-order chi connectivity index (χ0) is 15.5. The third-order valence-corrected chi connectivity index (χ3v) is 4.38. The molecule has 5 nitrogen and oxygen atoms in total. The summed E-state index contributed by atoms with van der Waals surface area (Å²) >= 11 is 0. The van der Waals surface area contributed by atoms with Crippen molar-refractivity contribution in [2.24, 2.45) is 5.14 Å². The predicted octanol–water partition coefficient (Wildman–Crippen LogP) is 1.92. The van der Waals surface area contributed by atoms with Gasteiger partial charge in [-0.1, -0.05) is 18.2 Å². The van der Waals surface area contributed by atoms with E-state index < -0.39 is 10.0 Å². The molecule has 0 amide bonds. The fraction of sp³-hybridized carbons (Fsp3) is 0.267. The molecule has 112 valence electrons. The average molecular weight is 305 g/mol. The molecule has 0 spiro atoms. The lowest BCUT2D eigenvalue weighted by molar-refractivity contribution is 0.250. The molecule has 0 aliphatic rings. The Balaban J connectivity index is 2.18. The molecule has 1 aromatic carbocycles. The fourth-order valence-corrected chi connectivity index (χ4v) is 2.66. The van der Waals surface area contributed by atoms with Gasteiger partial charge in [0.1, 0.15) is 0 Å². The fourth-order valence-electron chi connectivity index (χ4n) is 2.09. The first-order chi connectivity index (χ1) is 9.88. The maximum Gasteiger partial charge on any atom is 0.238 e. The zero-order valence-electron chi connectivity index (χ0n) is 12.1. The lowest BCUT2D eigenvalue weighted by Gasteiger charge is -2.25. The Kier molecular flexibility index (Phi) is 4.72. The average Bonchev–Trinajstić information content (AvgIpc) is 2.46. The van der Waals surface area contributed by atoms with Gasteiger partial charge >= 0.3 is 0 Å². The monoisotopic (exact) mass is 305 g/mol. The minimum Gasteiger partial charge on any atom is -0.294 e. The quantitative estimate of drug-likeness (QED) is 0.915. The molecule has 0 fully saturated rings. The van der Waals surface area contributed by atoms with Gasteiger partial charge in [0.2, 0.25) is 10.0 Å². The molecular weight excluding hydrogens is 286 g/mol. The normalized spacial score (nSPS) is 13.3. The summed E-state index contributed by atoms with van der Waals surface area (Å²) in [6, 6.07) is 12.6.